The summed E-state index contributed by atoms with van der Waals surface area (Å²) < 4.78 is 5.26. The summed E-state index contributed by atoms with van der Waals surface area (Å²) in [5.74, 6) is 0. The second-order valence-electron chi connectivity index (χ2n) is 3.14. The molecule has 0 saturated carbocycles. The van der Waals surface area contributed by atoms with Gasteiger partial charge in [-0.2, -0.15) is 0 Å². The molecule has 0 aliphatic carbocycles. The summed E-state index contributed by atoms with van der Waals surface area (Å²) >= 11 is 0. The van der Waals surface area contributed by atoms with Gasteiger partial charge in [-0.1, -0.05) is 6.07 Å². The first kappa shape index (κ1) is 8.99. The van der Waals surface area contributed by atoms with Crippen LogP contribution < -0.4 is 5.32 Å². The minimum Gasteiger partial charge on any atom is -0.463 e. The zero-order valence-electron chi connectivity index (χ0n) is 8.10. The minimum absolute atomic E-state index is 0.0387. The Morgan fingerprint density at radius 1 is 1.57 bits per heavy atom. The van der Waals surface area contributed by atoms with Gasteiger partial charge in [-0.25, -0.2) is 4.99 Å². The lowest BCUT2D eigenvalue weighted by Gasteiger charge is -2.06. The van der Waals surface area contributed by atoms with Crippen LogP contribution in [0, 0.1) is 0 Å². The molecule has 4 nitrogen and oxygen atoms in total. The van der Waals surface area contributed by atoms with Gasteiger partial charge in [0.15, 0.2) is 0 Å². The maximum absolute atomic E-state index is 5.26. The third kappa shape index (κ3) is 2.02. The summed E-state index contributed by atoms with van der Waals surface area (Å²) in [6, 6.07) is 6.49. The average Bonchev–Trinajstić information content (AvgIpc) is 2.72. The van der Waals surface area contributed by atoms with Crippen LogP contribution in [0.15, 0.2) is 29.4 Å². The van der Waals surface area contributed by atoms with E-state index in [1.54, 1.807) is 6.20 Å². The van der Waals surface area contributed by atoms with E-state index < -0.39 is 0 Å². The Kier molecular flexibility index (Phi) is 2.62. The van der Waals surface area contributed by atoms with Crippen LogP contribution in [-0.4, -0.2) is 24.2 Å². The largest absolute Gasteiger partial charge is 0.463 e. The highest BCUT2D eigenvalue weighted by Gasteiger charge is 2.11. The molecule has 0 amide bonds. The van der Waals surface area contributed by atoms with Crippen molar-refractivity contribution in [2.75, 3.05) is 13.2 Å². The third-order valence-electron chi connectivity index (χ3n) is 2.04. The van der Waals surface area contributed by atoms with Gasteiger partial charge in [0.1, 0.15) is 6.61 Å². The van der Waals surface area contributed by atoms with Crippen LogP contribution in [-0.2, 0) is 4.74 Å². The van der Waals surface area contributed by atoms with Crippen molar-refractivity contribution < 1.29 is 4.74 Å². The summed E-state index contributed by atoms with van der Waals surface area (Å²) in [5.41, 5.74) is 0.956. The normalized spacial score (nSPS) is 20.2. The van der Waals surface area contributed by atoms with E-state index in [1.807, 2.05) is 25.1 Å². The predicted octanol–water partition coefficient (Wildman–Crippen LogP) is 1.12. The number of aromatic nitrogens is 1. The molecule has 0 spiro atoms. The summed E-state index contributed by atoms with van der Waals surface area (Å²) in [5, 5.41) is 3.06. The third-order valence-corrected chi connectivity index (χ3v) is 2.04. The Balaban J connectivity index is 2.08. The molecule has 1 unspecified atom stereocenters. The molecule has 0 radical (unpaired) electrons. The summed E-state index contributed by atoms with van der Waals surface area (Å²) in [7, 11) is 0. The maximum atomic E-state index is 5.26. The molecule has 1 aliphatic heterocycles. The van der Waals surface area contributed by atoms with Gasteiger partial charge in [-0.15, -0.1) is 0 Å². The number of rotatable bonds is 2. The van der Waals surface area contributed by atoms with Crippen LogP contribution in [0.1, 0.15) is 18.7 Å². The molecule has 2 heterocycles. The number of amidine groups is 1. The SMILES string of the molecule is CC(/N=C1\NCCO1)c1ccccn1. The van der Waals surface area contributed by atoms with Gasteiger partial charge in [0.05, 0.1) is 18.3 Å². The first-order chi connectivity index (χ1) is 6.86. The maximum Gasteiger partial charge on any atom is 0.285 e. The zero-order valence-corrected chi connectivity index (χ0v) is 8.10. The number of nitrogens with one attached hydrogen (secondary N) is 1. The average molecular weight is 191 g/mol. The Morgan fingerprint density at radius 2 is 2.50 bits per heavy atom. The van der Waals surface area contributed by atoms with Crippen molar-refractivity contribution in [2.45, 2.75) is 13.0 Å². The lowest BCUT2D eigenvalue weighted by molar-refractivity contribution is 0.349. The van der Waals surface area contributed by atoms with E-state index in [0.717, 1.165) is 12.2 Å². The molecule has 1 aliphatic rings. The number of ether oxygens (including phenoxy) is 1. The van der Waals surface area contributed by atoms with E-state index in [-0.39, 0.29) is 6.04 Å². The smallest absolute Gasteiger partial charge is 0.285 e. The fraction of sp³-hybridized carbons (Fsp3) is 0.400. The van der Waals surface area contributed by atoms with Crippen molar-refractivity contribution >= 4 is 6.02 Å². The van der Waals surface area contributed by atoms with Gasteiger partial charge in [0, 0.05) is 6.20 Å². The van der Waals surface area contributed by atoms with Crippen LogP contribution in [0.3, 0.4) is 0 Å². The van der Waals surface area contributed by atoms with E-state index in [1.165, 1.54) is 0 Å². The first-order valence-electron chi connectivity index (χ1n) is 4.71. The topological polar surface area (TPSA) is 46.5 Å². The highest BCUT2D eigenvalue weighted by Crippen LogP contribution is 2.13. The monoisotopic (exact) mass is 191 g/mol. The van der Waals surface area contributed by atoms with E-state index in [4.69, 9.17) is 4.74 Å². The Labute approximate surface area is 83.0 Å². The molecular weight excluding hydrogens is 178 g/mol. The molecule has 2 rings (SSSR count). The number of hydrogen-bond acceptors (Lipinski definition) is 3. The summed E-state index contributed by atoms with van der Waals surface area (Å²) in [4.78, 5) is 8.60. The van der Waals surface area contributed by atoms with Gasteiger partial charge < -0.3 is 10.1 Å². The summed E-state index contributed by atoms with van der Waals surface area (Å²) in [6.45, 7) is 3.54. The first-order valence-corrected chi connectivity index (χ1v) is 4.71. The van der Waals surface area contributed by atoms with Crippen molar-refractivity contribution in [3.63, 3.8) is 0 Å². The van der Waals surface area contributed by atoms with Crippen LogP contribution >= 0.6 is 0 Å². The quantitative estimate of drug-likeness (QED) is 0.762. The van der Waals surface area contributed by atoms with E-state index >= 15 is 0 Å². The van der Waals surface area contributed by atoms with Crippen molar-refractivity contribution in [3.8, 4) is 0 Å². The Bertz CT molecular complexity index is 315. The lowest BCUT2D eigenvalue weighted by atomic mass is 10.2. The molecule has 1 fully saturated rings. The molecule has 1 saturated heterocycles. The van der Waals surface area contributed by atoms with Gasteiger partial charge in [-0.05, 0) is 19.1 Å². The van der Waals surface area contributed by atoms with Gasteiger partial charge in [0.2, 0.25) is 0 Å². The van der Waals surface area contributed by atoms with E-state index in [9.17, 15) is 0 Å². The highest BCUT2D eigenvalue weighted by molar-refractivity contribution is 5.75. The molecule has 1 aromatic rings. The second-order valence-corrected chi connectivity index (χ2v) is 3.14. The molecular formula is C10H13N3O. The molecule has 4 heteroatoms. The molecule has 0 bridgehead atoms. The van der Waals surface area contributed by atoms with Crippen molar-refractivity contribution in [2.24, 2.45) is 4.99 Å². The second kappa shape index (κ2) is 4.09. The minimum atomic E-state index is 0.0387. The van der Waals surface area contributed by atoms with E-state index in [0.29, 0.717) is 12.6 Å². The van der Waals surface area contributed by atoms with Gasteiger partial charge >= 0.3 is 0 Å². The van der Waals surface area contributed by atoms with Crippen LogP contribution in [0.4, 0.5) is 0 Å². The van der Waals surface area contributed by atoms with Gasteiger partial charge in [-0.3, -0.25) is 4.98 Å². The Hall–Kier alpha value is -1.58. The van der Waals surface area contributed by atoms with Crippen molar-refractivity contribution in [1.82, 2.24) is 10.3 Å². The highest BCUT2D eigenvalue weighted by atomic mass is 16.5. The Morgan fingerprint density at radius 3 is 3.14 bits per heavy atom. The van der Waals surface area contributed by atoms with Gasteiger partial charge in [0.25, 0.3) is 6.02 Å². The fourth-order valence-electron chi connectivity index (χ4n) is 1.30. The number of hydrogen-bond donors (Lipinski definition) is 1. The van der Waals surface area contributed by atoms with E-state index in [2.05, 4.69) is 15.3 Å². The number of aliphatic imine (C=N–C) groups is 1. The number of pyridine rings is 1. The fourth-order valence-corrected chi connectivity index (χ4v) is 1.30. The molecule has 14 heavy (non-hydrogen) atoms. The van der Waals surface area contributed by atoms with Crippen LogP contribution in [0.5, 0.6) is 0 Å². The number of nitrogens with zero attached hydrogens (tertiary/aromatic N) is 2. The summed E-state index contributed by atoms with van der Waals surface area (Å²) in [6.07, 6.45) is 1.77. The predicted molar refractivity (Wildman–Crippen MR) is 54.0 cm³/mol. The van der Waals surface area contributed by atoms with Crippen LogP contribution in [0.2, 0.25) is 0 Å². The van der Waals surface area contributed by atoms with Crippen molar-refractivity contribution in [1.29, 1.82) is 0 Å². The van der Waals surface area contributed by atoms with Crippen LogP contribution in [0.25, 0.3) is 0 Å². The van der Waals surface area contributed by atoms with Crippen molar-refractivity contribution in [3.05, 3.63) is 30.1 Å². The lowest BCUT2D eigenvalue weighted by Crippen LogP contribution is -2.16. The molecule has 1 N–H and O–H groups in total. The molecule has 0 aromatic carbocycles. The standard InChI is InChI=1S/C10H13N3O/c1-8(9-4-2-3-5-11-9)13-10-12-6-7-14-10/h2-5,8H,6-7H2,1H3,(H,12,13). The molecule has 1 atom stereocenters. The molecule has 74 valence electrons. The zero-order chi connectivity index (χ0) is 9.80. The molecule has 1 aromatic heterocycles.